The van der Waals surface area contributed by atoms with Crippen LogP contribution in [-0.2, 0) is 6.18 Å². The largest absolute Gasteiger partial charge is 0.433 e. The average molecular weight is 330 g/mol. The monoisotopic (exact) mass is 330 g/mol. The Morgan fingerprint density at radius 3 is 2.71 bits per heavy atom. The van der Waals surface area contributed by atoms with Gasteiger partial charge in [0.25, 0.3) is 0 Å². The Balaban J connectivity index is 1.81. The van der Waals surface area contributed by atoms with E-state index in [-0.39, 0.29) is 5.78 Å². The van der Waals surface area contributed by atoms with Crippen molar-refractivity contribution in [1.82, 2.24) is 29.1 Å². The predicted octanol–water partition coefficient (Wildman–Crippen LogP) is 3.00. The Kier molecular flexibility index (Phi) is 3.08. The van der Waals surface area contributed by atoms with Gasteiger partial charge in [0.1, 0.15) is 18.3 Å². The molecule has 0 aliphatic rings. The van der Waals surface area contributed by atoms with E-state index in [1.165, 1.54) is 23.1 Å². The van der Waals surface area contributed by atoms with Crippen LogP contribution in [0.4, 0.5) is 13.2 Å². The van der Waals surface area contributed by atoms with Gasteiger partial charge in [-0.15, -0.1) is 0 Å². The summed E-state index contributed by atoms with van der Waals surface area (Å²) in [5.74, 6) is -0.00835. The van der Waals surface area contributed by atoms with Crippen molar-refractivity contribution in [3.63, 3.8) is 0 Å². The molecule has 0 saturated heterocycles. The van der Waals surface area contributed by atoms with Gasteiger partial charge in [-0.05, 0) is 18.2 Å². The zero-order valence-corrected chi connectivity index (χ0v) is 12.0. The molecular formula is C15H9F3N6. The molecule has 0 N–H and O–H groups in total. The Labute approximate surface area is 133 Å². The summed E-state index contributed by atoms with van der Waals surface area (Å²) in [5, 5.41) is 4.06. The maximum Gasteiger partial charge on any atom is 0.433 e. The SMILES string of the molecule is FC(F)(F)c1ccn2c(-c3cccc(-n4cncn4)c3)cnc2n1. The molecule has 9 heteroatoms. The summed E-state index contributed by atoms with van der Waals surface area (Å²) in [6, 6.07) is 8.28. The molecule has 3 heterocycles. The van der Waals surface area contributed by atoms with Gasteiger partial charge in [-0.25, -0.2) is 19.6 Å². The number of hydrogen-bond acceptors (Lipinski definition) is 4. The van der Waals surface area contributed by atoms with Gasteiger partial charge >= 0.3 is 6.18 Å². The van der Waals surface area contributed by atoms with E-state index in [9.17, 15) is 13.2 Å². The predicted molar refractivity (Wildman–Crippen MR) is 78.3 cm³/mol. The highest BCUT2D eigenvalue weighted by Crippen LogP contribution is 2.29. The standard InChI is InChI=1S/C15H9F3N6/c16-15(17,18)13-4-5-23-12(7-20-14(23)22-13)10-2-1-3-11(6-10)24-9-19-8-21-24/h1-9H. The molecule has 6 nitrogen and oxygen atoms in total. The topological polar surface area (TPSA) is 60.9 Å². The lowest BCUT2D eigenvalue weighted by atomic mass is 10.1. The second-order valence-corrected chi connectivity index (χ2v) is 5.01. The normalized spacial score (nSPS) is 12.0. The van der Waals surface area contributed by atoms with Gasteiger partial charge < -0.3 is 0 Å². The van der Waals surface area contributed by atoms with Gasteiger partial charge in [-0.2, -0.15) is 18.3 Å². The summed E-state index contributed by atoms with van der Waals surface area (Å²) < 4.78 is 41.3. The quantitative estimate of drug-likeness (QED) is 0.567. The molecule has 120 valence electrons. The molecule has 0 radical (unpaired) electrons. The van der Waals surface area contributed by atoms with E-state index in [0.717, 1.165) is 17.3 Å². The molecule has 0 unspecified atom stereocenters. The summed E-state index contributed by atoms with van der Waals surface area (Å²) in [4.78, 5) is 11.4. The fourth-order valence-electron chi connectivity index (χ4n) is 2.39. The van der Waals surface area contributed by atoms with Crippen molar-refractivity contribution < 1.29 is 13.2 Å². The molecule has 4 rings (SSSR count). The van der Waals surface area contributed by atoms with Crippen molar-refractivity contribution in [3.05, 3.63) is 61.1 Å². The lowest BCUT2D eigenvalue weighted by Crippen LogP contribution is -2.09. The zero-order chi connectivity index (χ0) is 16.7. The molecule has 0 bridgehead atoms. The van der Waals surface area contributed by atoms with Crippen LogP contribution in [0.5, 0.6) is 0 Å². The van der Waals surface area contributed by atoms with E-state index in [2.05, 4.69) is 20.1 Å². The number of benzene rings is 1. The highest BCUT2D eigenvalue weighted by atomic mass is 19.4. The zero-order valence-electron chi connectivity index (χ0n) is 12.0. The minimum Gasteiger partial charge on any atom is -0.284 e. The van der Waals surface area contributed by atoms with Gasteiger partial charge in [-0.3, -0.25) is 4.40 Å². The van der Waals surface area contributed by atoms with Crippen molar-refractivity contribution in [2.45, 2.75) is 6.18 Å². The van der Waals surface area contributed by atoms with Crippen LogP contribution in [-0.4, -0.2) is 29.1 Å². The van der Waals surface area contributed by atoms with E-state index >= 15 is 0 Å². The van der Waals surface area contributed by atoms with Crippen molar-refractivity contribution in [1.29, 1.82) is 0 Å². The van der Waals surface area contributed by atoms with Crippen molar-refractivity contribution in [3.8, 4) is 16.9 Å². The Morgan fingerprint density at radius 2 is 1.96 bits per heavy atom. The third-order valence-electron chi connectivity index (χ3n) is 3.49. The highest BCUT2D eigenvalue weighted by Gasteiger charge is 2.32. The van der Waals surface area contributed by atoms with Gasteiger partial charge in [0.2, 0.25) is 5.78 Å². The summed E-state index contributed by atoms with van der Waals surface area (Å²) in [6.07, 6.45) is 1.29. The minimum absolute atomic E-state index is 0.00835. The summed E-state index contributed by atoms with van der Waals surface area (Å²) in [5.41, 5.74) is 1.22. The third kappa shape index (κ3) is 2.39. The fraction of sp³-hybridized carbons (Fsp3) is 0.0667. The molecule has 0 aliphatic heterocycles. The summed E-state index contributed by atoms with van der Waals surface area (Å²) >= 11 is 0. The second kappa shape index (κ2) is 5.15. The van der Waals surface area contributed by atoms with E-state index in [4.69, 9.17) is 0 Å². The molecule has 0 spiro atoms. The highest BCUT2D eigenvalue weighted by molar-refractivity contribution is 5.65. The number of rotatable bonds is 2. The molecule has 0 fully saturated rings. The smallest absolute Gasteiger partial charge is 0.284 e. The van der Waals surface area contributed by atoms with E-state index in [1.54, 1.807) is 11.0 Å². The number of alkyl halides is 3. The average Bonchev–Trinajstić information content (AvgIpc) is 3.23. The van der Waals surface area contributed by atoms with Crippen LogP contribution in [0.1, 0.15) is 5.69 Å². The molecule has 1 aromatic carbocycles. The van der Waals surface area contributed by atoms with Crippen molar-refractivity contribution in [2.24, 2.45) is 0 Å². The van der Waals surface area contributed by atoms with Crippen molar-refractivity contribution in [2.75, 3.05) is 0 Å². The fourth-order valence-corrected chi connectivity index (χ4v) is 2.39. The Morgan fingerprint density at radius 1 is 1.08 bits per heavy atom. The lowest BCUT2D eigenvalue weighted by Gasteiger charge is -2.07. The first-order valence-corrected chi connectivity index (χ1v) is 6.89. The number of aromatic nitrogens is 6. The molecule has 3 aromatic heterocycles. The first kappa shape index (κ1) is 14.4. The molecule has 0 saturated carbocycles. The Hall–Kier alpha value is -3.23. The number of fused-ring (bicyclic) bond motifs is 1. The van der Waals surface area contributed by atoms with Crippen LogP contribution in [0.3, 0.4) is 0 Å². The number of hydrogen-bond donors (Lipinski definition) is 0. The van der Waals surface area contributed by atoms with Crippen LogP contribution in [0.15, 0.2) is 55.4 Å². The number of nitrogens with zero attached hydrogens (tertiary/aromatic N) is 6. The Bertz CT molecular complexity index is 1000. The van der Waals surface area contributed by atoms with Crippen LogP contribution >= 0.6 is 0 Å². The molecule has 4 aromatic rings. The minimum atomic E-state index is -4.50. The molecule has 0 aliphatic carbocycles. The van der Waals surface area contributed by atoms with Crippen LogP contribution < -0.4 is 0 Å². The van der Waals surface area contributed by atoms with Crippen LogP contribution in [0.2, 0.25) is 0 Å². The second-order valence-electron chi connectivity index (χ2n) is 5.01. The molecular weight excluding hydrogens is 321 g/mol. The number of imidazole rings is 1. The van der Waals surface area contributed by atoms with Crippen LogP contribution in [0, 0.1) is 0 Å². The summed E-state index contributed by atoms with van der Waals surface area (Å²) in [6.45, 7) is 0. The van der Waals surface area contributed by atoms with E-state index in [1.807, 2.05) is 24.3 Å². The van der Waals surface area contributed by atoms with Gasteiger partial charge in [-0.1, -0.05) is 12.1 Å². The van der Waals surface area contributed by atoms with Gasteiger partial charge in [0.15, 0.2) is 0 Å². The van der Waals surface area contributed by atoms with Gasteiger partial charge in [0.05, 0.1) is 17.6 Å². The summed E-state index contributed by atoms with van der Waals surface area (Å²) in [7, 11) is 0. The number of halogens is 3. The van der Waals surface area contributed by atoms with E-state index in [0.29, 0.717) is 5.69 Å². The maximum atomic E-state index is 12.7. The molecule has 0 atom stereocenters. The molecule has 0 amide bonds. The van der Waals surface area contributed by atoms with E-state index < -0.39 is 11.9 Å². The van der Waals surface area contributed by atoms with Crippen molar-refractivity contribution >= 4 is 5.78 Å². The first-order chi connectivity index (χ1) is 11.5. The van der Waals surface area contributed by atoms with Crippen LogP contribution in [0.25, 0.3) is 22.7 Å². The lowest BCUT2D eigenvalue weighted by molar-refractivity contribution is -0.141. The molecule has 24 heavy (non-hydrogen) atoms. The maximum absolute atomic E-state index is 12.7. The first-order valence-electron chi connectivity index (χ1n) is 6.89. The third-order valence-corrected chi connectivity index (χ3v) is 3.49. The van der Waals surface area contributed by atoms with Gasteiger partial charge in [0, 0.05) is 11.8 Å².